The number of nitrogens with one attached hydrogen (secondary N) is 3. The molecule has 0 aliphatic heterocycles. The summed E-state index contributed by atoms with van der Waals surface area (Å²) in [6.45, 7) is 0.632. The fourth-order valence-electron chi connectivity index (χ4n) is 3.16. The van der Waals surface area contributed by atoms with Gasteiger partial charge in [-0.25, -0.2) is 4.98 Å². The van der Waals surface area contributed by atoms with Crippen LogP contribution in [0, 0.1) is 5.41 Å². The number of nitrogen functional groups attached to an aromatic ring is 1. The van der Waals surface area contributed by atoms with Crippen LogP contribution in [0.15, 0.2) is 60.8 Å². The summed E-state index contributed by atoms with van der Waals surface area (Å²) in [5.41, 5.74) is 8.35. The van der Waals surface area contributed by atoms with Crippen molar-refractivity contribution in [2.24, 2.45) is 5.73 Å². The Kier molecular flexibility index (Phi) is 5.98. The molecule has 0 saturated heterocycles. The molecule has 32 heavy (non-hydrogen) atoms. The first-order valence-electron chi connectivity index (χ1n) is 9.90. The Balaban J connectivity index is 1.45. The molecule has 9 nitrogen and oxygen atoms in total. The normalized spacial score (nSPS) is 10.7. The number of carbonyl (C=O) groups excluding carboxylic acids is 1. The molecule has 2 aromatic heterocycles. The number of fused-ring (bicyclic) bond motifs is 1. The van der Waals surface area contributed by atoms with E-state index in [0.717, 1.165) is 11.3 Å². The molecular formula is C23H22N6O3. The maximum absolute atomic E-state index is 12.8. The number of hydrogen-bond acceptors (Lipinski definition) is 6. The Hall–Kier alpha value is -4.40. The van der Waals surface area contributed by atoms with Crippen LogP contribution >= 0.6 is 0 Å². The van der Waals surface area contributed by atoms with E-state index < -0.39 is 0 Å². The van der Waals surface area contributed by atoms with Crippen LogP contribution in [0.25, 0.3) is 22.6 Å². The summed E-state index contributed by atoms with van der Waals surface area (Å²) in [6, 6.07) is 15.9. The number of amidine groups is 1. The summed E-state index contributed by atoms with van der Waals surface area (Å²) in [5.74, 6) is 1.58. The van der Waals surface area contributed by atoms with Gasteiger partial charge in [0, 0.05) is 11.8 Å². The highest BCUT2D eigenvalue weighted by molar-refractivity contribution is 6.00. The van der Waals surface area contributed by atoms with E-state index in [0.29, 0.717) is 47.1 Å². The molecule has 0 aliphatic carbocycles. The molecule has 4 rings (SSSR count). The number of nitrogens with two attached hydrogens (primary N) is 1. The van der Waals surface area contributed by atoms with Gasteiger partial charge in [0.25, 0.3) is 5.91 Å². The number of methoxy groups -OCH3 is 1. The molecular weight excluding hydrogens is 408 g/mol. The lowest BCUT2D eigenvalue weighted by Gasteiger charge is -2.10. The highest BCUT2D eigenvalue weighted by Crippen LogP contribution is 2.23. The zero-order valence-corrected chi connectivity index (χ0v) is 17.4. The molecule has 0 atom stereocenters. The first-order chi connectivity index (χ1) is 15.5. The van der Waals surface area contributed by atoms with Crippen LogP contribution in [0.3, 0.4) is 0 Å². The van der Waals surface area contributed by atoms with Crippen molar-refractivity contribution in [3.63, 3.8) is 0 Å². The van der Waals surface area contributed by atoms with Gasteiger partial charge in [-0.2, -0.15) is 0 Å². The van der Waals surface area contributed by atoms with Gasteiger partial charge in [0.1, 0.15) is 29.6 Å². The maximum atomic E-state index is 12.8. The van der Waals surface area contributed by atoms with Crippen molar-refractivity contribution in [3.8, 4) is 23.0 Å². The molecule has 5 N–H and O–H groups in total. The number of hydrogen-bond donors (Lipinski definition) is 4. The number of rotatable bonds is 8. The quantitative estimate of drug-likeness (QED) is 0.193. The Labute approximate surface area is 184 Å². The van der Waals surface area contributed by atoms with Gasteiger partial charge in [0.15, 0.2) is 5.82 Å². The van der Waals surface area contributed by atoms with Crippen LogP contribution in [0.4, 0.5) is 0 Å². The highest BCUT2D eigenvalue weighted by atomic mass is 16.5. The van der Waals surface area contributed by atoms with E-state index >= 15 is 0 Å². The summed E-state index contributed by atoms with van der Waals surface area (Å²) in [6.07, 6.45) is 1.60. The minimum Gasteiger partial charge on any atom is -0.497 e. The van der Waals surface area contributed by atoms with Gasteiger partial charge in [-0.15, -0.1) is 0 Å². The predicted octanol–water partition coefficient (Wildman–Crippen LogP) is 2.73. The molecule has 0 spiro atoms. The predicted molar refractivity (Wildman–Crippen MR) is 121 cm³/mol. The van der Waals surface area contributed by atoms with Crippen LogP contribution in [-0.4, -0.2) is 47.0 Å². The number of ether oxygens (including phenoxy) is 2. The highest BCUT2D eigenvalue weighted by Gasteiger charge is 2.17. The van der Waals surface area contributed by atoms with E-state index in [1.165, 1.54) is 0 Å². The van der Waals surface area contributed by atoms with Crippen molar-refractivity contribution in [2.45, 2.75) is 0 Å². The Morgan fingerprint density at radius 2 is 1.94 bits per heavy atom. The molecule has 0 fully saturated rings. The second kappa shape index (κ2) is 9.17. The summed E-state index contributed by atoms with van der Waals surface area (Å²) >= 11 is 0. The third-order valence-electron chi connectivity index (χ3n) is 4.79. The van der Waals surface area contributed by atoms with Crippen LogP contribution in [0.5, 0.6) is 11.5 Å². The number of aromatic nitrogens is 3. The Morgan fingerprint density at radius 1 is 1.16 bits per heavy atom. The van der Waals surface area contributed by atoms with Crippen molar-refractivity contribution in [2.75, 3.05) is 20.3 Å². The van der Waals surface area contributed by atoms with Gasteiger partial charge in [-0.1, -0.05) is 0 Å². The summed E-state index contributed by atoms with van der Waals surface area (Å²) in [4.78, 5) is 24.8. The fourth-order valence-corrected chi connectivity index (χ4v) is 3.16. The zero-order valence-electron chi connectivity index (χ0n) is 17.4. The van der Waals surface area contributed by atoms with Crippen LogP contribution in [0.1, 0.15) is 15.9 Å². The molecule has 0 unspecified atom stereocenters. The van der Waals surface area contributed by atoms with Gasteiger partial charge in [0.05, 0.1) is 30.3 Å². The van der Waals surface area contributed by atoms with Crippen molar-refractivity contribution < 1.29 is 14.3 Å². The van der Waals surface area contributed by atoms with Gasteiger partial charge in [-0.3, -0.25) is 15.2 Å². The third kappa shape index (κ3) is 4.51. The molecule has 2 aromatic carbocycles. The SMILES string of the molecule is COc1ccc(OCCNC(=O)c2cccnc2-c2nc3cc(C(=N)N)ccc3[nH]2)cc1. The third-order valence-corrected chi connectivity index (χ3v) is 4.79. The minimum atomic E-state index is -0.281. The van der Waals surface area contributed by atoms with Crippen LogP contribution in [-0.2, 0) is 0 Å². The second-order valence-corrected chi connectivity index (χ2v) is 6.91. The molecule has 0 saturated carbocycles. The van der Waals surface area contributed by atoms with Gasteiger partial charge in [-0.05, 0) is 54.6 Å². The summed E-state index contributed by atoms with van der Waals surface area (Å²) < 4.78 is 10.8. The van der Waals surface area contributed by atoms with E-state index in [-0.39, 0.29) is 11.7 Å². The largest absolute Gasteiger partial charge is 0.497 e. The maximum Gasteiger partial charge on any atom is 0.253 e. The van der Waals surface area contributed by atoms with Crippen molar-refractivity contribution in [3.05, 3.63) is 71.9 Å². The fraction of sp³-hybridized carbons (Fsp3) is 0.130. The molecule has 4 aromatic rings. The van der Waals surface area contributed by atoms with Crippen molar-refractivity contribution in [1.29, 1.82) is 5.41 Å². The smallest absolute Gasteiger partial charge is 0.253 e. The van der Waals surface area contributed by atoms with E-state index in [1.54, 1.807) is 55.8 Å². The number of imidazole rings is 1. The van der Waals surface area contributed by atoms with E-state index in [2.05, 4.69) is 20.3 Å². The van der Waals surface area contributed by atoms with E-state index in [4.69, 9.17) is 20.6 Å². The molecule has 0 radical (unpaired) electrons. The number of nitrogens with zero attached hydrogens (tertiary/aromatic N) is 2. The lowest BCUT2D eigenvalue weighted by Crippen LogP contribution is -2.28. The standard InChI is InChI=1S/C23H22N6O3/c1-31-15-5-7-16(8-6-15)32-12-11-27-23(30)17-3-2-10-26-20(17)22-28-18-9-4-14(21(24)25)13-19(18)29-22/h2-10,13H,11-12H2,1H3,(H3,24,25)(H,27,30)(H,28,29). The topological polar surface area (TPSA) is 139 Å². The number of amides is 1. The van der Waals surface area contributed by atoms with Crippen molar-refractivity contribution in [1.82, 2.24) is 20.3 Å². The average molecular weight is 430 g/mol. The lowest BCUT2D eigenvalue weighted by molar-refractivity contribution is 0.0947. The number of H-pyrrole nitrogens is 1. The first kappa shape index (κ1) is 20.9. The van der Waals surface area contributed by atoms with Gasteiger partial charge >= 0.3 is 0 Å². The van der Waals surface area contributed by atoms with E-state index in [9.17, 15) is 4.79 Å². The number of carbonyl (C=O) groups is 1. The zero-order chi connectivity index (χ0) is 22.5. The van der Waals surface area contributed by atoms with Crippen LogP contribution < -0.4 is 20.5 Å². The number of benzene rings is 2. The molecule has 162 valence electrons. The van der Waals surface area contributed by atoms with Gasteiger partial charge < -0.3 is 25.5 Å². The Bertz CT molecular complexity index is 1270. The minimum absolute atomic E-state index is 0.0359. The molecule has 9 heteroatoms. The molecule has 0 bridgehead atoms. The number of aromatic amines is 1. The summed E-state index contributed by atoms with van der Waals surface area (Å²) in [5, 5.41) is 10.4. The molecule has 2 heterocycles. The van der Waals surface area contributed by atoms with E-state index in [1.807, 2.05) is 12.1 Å². The second-order valence-electron chi connectivity index (χ2n) is 6.91. The number of pyridine rings is 1. The molecule has 0 aliphatic rings. The van der Waals surface area contributed by atoms with Crippen LogP contribution in [0.2, 0.25) is 0 Å². The monoisotopic (exact) mass is 430 g/mol. The van der Waals surface area contributed by atoms with Gasteiger partial charge in [0.2, 0.25) is 0 Å². The van der Waals surface area contributed by atoms with Crippen molar-refractivity contribution >= 4 is 22.8 Å². The Morgan fingerprint density at radius 3 is 2.69 bits per heavy atom. The molecule has 1 amide bonds. The first-order valence-corrected chi connectivity index (χ1v) is 9.90. The lowest BCUT2D eigenvalue weighted by atomic mass is 10.1. The summed E-state index contributed by atoms with van der Waals surface area (Å²) in [7, 11) is 1.60. The average Bonchev–Trinajstić information content (AvgIpc) is 3.25.